The minimum atomic E-state index is -0.520. The SMILES string of the molecule is COc1cccc(-c2noc(CN3CCN(CC(O)COc4ccccc4)CC3)n2)c1. The third-order valence-electron chi connectivity index (χ3n) is 5.27. The van der Waals surface area contributed by atoms with Crippen LogP contribution in [0.3, 0.4) is 0 Å². The molecule has 4 rings (SSSR count). The molecule has 0 aliphatic carbocycles. The summed E-state index contributed by atoms with van der Waals surface area (Å²) < 4.78 is 16.3. The second kappa shape index (κ2) is 10.4. The fourth-order valence-electron chi connectivity index (χ4n) is 3.58. The van der Waals surface area contributed by atoms with Crippen molar-refractivity contribution in [2.45, 2.75) is 12.6 Å². The van der Waals surface area contributed by atoms with Crippen LogP contribution in [0.5, 0.6) is 11.5 Å². The molecular formula is C23H28N4O4. The highest BCUT2D eigenvalue weighted by atomic mass is 16.5. The molecule has 2 aromatic carbocycles. The van der Waals surface area contributed by atoms with Crippen molar-refractivity contribution >= 4 is 0 Å². The molecule has 164 valence electrons. The normalized spacial score (nSPS) is 16.2. The zero-order valence-electron chi connectivity index (χ0n) is 17.7. The molecule has 3 aromatic rings. The number of aliphatic hydroxyl groups excluding tert-OH is 1. The standard InChI is InChI=1S/C23H28N4O4/c1-29-21-9-5-6-18(14-21)23-24-22(31-25-23)16-27-12-10-26(11-13-27)15-19(28)17-30-20-7-3-2-4-8-20/h2-9,14,19,28H,10-13,15-17H2,1H3. The van der Waals surface area contributed by atoms with E-state index in [4.69, 9.17) is 14.0 Å². The first-order valence-corrected chi connectivity index (χ1v) is 10.5. The van der Waals surface area contributed by atoms with Crippen LogP contribution in [-0.4, -0.2) is 77.6 Å². The van der Waals surface area contributed by atoms with Gasteiger partial charge in [-0.2, -0.15) is 4.98 Å². The monoisotopic (exact) mass is 424 g/mol. The Hall–Kier alpha value is -2.94. The lowest BCUT2D eigenvalue weighted by molar-refractivity contribution is 0.0426. The Bertz CT molecular complexity index is 942. The summed E-state index contributed by atoms with van der Waals surface area (Å²) in [6.07, 6.45) is -0.520. The summed E-state index contributed by atoms with van der Waals surface area (Å²) in [6, 6.07) is 17.2. The van der Waals surface area contributed by atoms with Gasteiger partial charge in [0, 0.05) is 38.3 Å². The van der Waals surface area contributed by atoms with Crippen LogP contribution in [-0.2, 0) is 6.54 Å². The molecule has 1 aromatic heterocycles. The summed E-state index contributed by atoms with van der Waals surface area (Å²) in [7, 11) is 1.63. The smallest absolute Gasteiger partial charge is 0.241 e. The molecule has 1 unspecified atom stereocenters. The van der Waals surface area contributed by atoms with Crippen LogP contribution in [0.15, 0.2) is 59.1 Å². The average molecular weight is 425 g/mol. The molecule has 1 atom stereocenters. The van der Waals surface area contributed by atoms with Gasteiger partial charge >= 0.3 is 0 Å². The number of hydrogen-bond donors (Lipinski definition) is 1. The summed E-state index contributed by atoms with van der Waals surface area (Å²) in [5.41, 5.74) is 0.867. The molecule has 2 heterocycles. The second-order valence-corrected chi connectivity index (χ2v) is 7.60. The Kier molecular flexibility index (Phi) is 7.14. The number of β-amino-alcohol motifs (C(OH)–C–C–N with tert-alkyl or cyclic N) is 1. The van der Waals surface area contributed by atoms with Gasteiger partial charge in [-0.05, 0) is 24.3 Å². The molecular weight excluding hydrogens is 396 g/mol. The van der Waals surface area contributed by atoms with Crippen LogP contribution in [0, 0.1) is 0 Å². The quantitative estimate of drug-likeness (QED) is 0.560. The summed E-state index contributed by atoms with van der Waals surface area (Å²) >= 11 is 0. The summed E-state index contributed by atoms with van der Waals surface area (Å²) in [5, 5.41) is 14.4. The van der Waals surface area contributed by atoms with Crippen LogP contribution in [0.4, 0.5) is 0 Å². The molecule has 0 bridgehead atoms. The molecule has 8 nitrogen and oxygen atoms in total. The van der Waals surface area contributed by atoms with Crippen LogP contribution in [0.1, 0.15) is 5.89 Å². The Labute approximate surface area is 182 Å². The third kappa shape index (κ3) is 6.04. The highest BCUT2D eigenvalue weighted by Gasteiger charge is 2.21. The van der Waals surface area contributed by atoms with Gasteiger partial charge in [0.25, 0.3) is 0 Å². The third-order valence-corrected chi connectivity index (χ3v) is 5.27. The van der Waals surface area contributed by atoms with E-state index in [2.05, 4.69) is 19.9 Å². The lowest BCUT2D eigenvalue weighted by Crippen LogP contribution is -2.48. The molecule has 1 fully saturated rings. The van der Waals surface area contributed by atoms with Crippen LogP contribution in [0.25, 0.3) is 11.4 Å². The van der Waals surface area contributed by atoms with Gasteiger partial charge < -0.3 is 19.1 Å². The van der Waals surface area contributed by atoms with E-state index in [0.717, 1.165) is 43.2 Å². The van der Waals surface area contributed by atoms with E-state index in [1.54, 1.807) is 7.11 Å². The van der Waals surface area contributed by atoms with Gasteiger partial charge in [-0.3, -0.25) is 9.80 Å². The van der Waals surface area contributed by atoms with Gasteiger partial charge in [0.1, 0.15) is 24.2 Å². The minimum Gasteiger partial charge on any atom is -0.497 e. The predicted octanol–water partition coefficient (Wildman–Crippen LogP) is 2.30. The molecule has 0 saturated carbocycles. The van der Waals surface area contributed by atoms with Crippen LogP contribution < -0.4 is 9.47 Å². The number of benzene rings is 2. The van der Waals surface area contributed by atoms with E-state index in [1.165, 1.54) is 0 Å². The minimum absolute atomic E-state index is 0.291. The summed E-state index contributed by atoms with van der Waals surface area (Å²) in [6.45, 7) is 5.01. The predicted molar refractivity (Wildman–Crippen MR) is 116 cm³/mol. The molecule has 31 heavy (non-hydrogen) atoms. The Balaban J connectivity index is 1.21. The van der Waals surface area contributed by atoms with Gasteiger partial charge in [0.2, 0.25) is 11.7 Å². The number of hydrogen-bond acceptors (Lipinski definition) is 8. The van der Waals surface area contributed by atoms with E-state index in [9.17, 15) is 5.11 Å². The first-order valence-electron chi connectivity index (χ1n) is 10.5. The van der Waals surface area contributed by atoms with Gasteiger partial charge in [-0.15, -0.1) is 0 Å². The van der Waals surface area contributed by atoms with Crippen LogP contribution >= 0.6 is 0 Å². The Morgan fingerprint density at radius 1 is 1.00 bits per heavy atom. The molecule has 1 N–H and O–H groups in total. The molecule has 0 spiro atoms. The molecule has 1 aliphatic rings. The van der Waals surface area contributed by atoms with Crippen molar-refractivity contribution in [2.75, 3.05) is 46.4 Å². The maximum atomic E-state index is 10.3. The number of rotatable bonds is 9. The number of ether oxygens (including phenoxy) is 2. The van der Waals surface area contributed by atoms with E-state index in [0.29, 0.717) is 31.4 Å². The first kappa shape index (κ1) is 21.3. The number of aliphatic hydroxyl groups is 1. The largest absolute Gasteiger partial charge is 0.497 e. The fraction of sp³-hybridized carbons (Fsp3) is 0.391. The van der Waals surface area contributed by atoms with Crippen molar-refractivity contribution in [1.29, 1.82) is 0 Å². The van der Waals surface area contributed by atoms with Gasteiger partial charge in [0.05, 0.1) is 13.7 Å². The van der Waals surface area contributed by atoms with E-state index in [-0.39, 0.29) is 0 Å². The number of aromatic nitrogens is 2. The number of nitrogens with zero attached hydrogens (tertiary/aromatic N) is 4. The molecule has 1 aliphatic heterocycles. The van der Waals surface area contributed by atoms with Crippen molar-refractivity contribution < 1.29 is 19.1 Å². The lowest BCUT2D eigenvalue weighted by atomic mass is 10.2. The second-order valence-electron chi connectivity index (χ2n) is 7.60. The Morgan fingerprint density at radius 3 is 2.52 bits per heavy atom. The molecule has 0 amide bonds. The summed E-state index contributed by atoms with van der Waals surface area (Å²) in [5.74, 6) is 2.70. The Morgan fingerprint density at radius 2 is 1.74 bits per heavy atom. The van der Waals surface area contributed by atoms with Crippen LogP contribution in [0.2, 0.25) is 0 Å². The van der Waals surface area contributed by atoms with Crippen molar-refractivity contribution in [2.24, 2.45) is 0 Å². The van der Waals surface area contributed by atoms with Gasteiger partial charge in [-0.1, -0.05) is 35.5 Å². The highest BCUT2D eigenvalue weighted by Crippen LogP contribution is 2.21. The molecule has 8 heteroatoms. The van der Waals surface area contributed by atoms with Crippen molar-refractivity contribution in [1.82, 2.24) is 19.9 Å². The van der Waals surface area contributed by atoms with Crippen molar-refractivity contribution in [3.63, 3.8) is 0 Å². The van der Waals surface area contributed by atoms with E-state index in [1.807, 2.05) is 54.6 Å². The number of piperazine rings is 1. The fourth-order valence-corrected chi connectivity index (χ4v) is 3.58. The topological polar surface area (TPSA) is 84.1 Å². The number of para-hydroxylation sites is 1. The van der Waals surface area contributed by atoms with Crippen molar-refractivity contribution in [3.05, 3.63) is 60.5 Å². The average Bonchev–Trinajstić information content (AvgIpc) is 3.28. The summed E-state index contributed by atoms with van der Waals surface area (Å²) in [4.78, 5) is 9.06. The maximum absolute atomic E-state index is 10.3. The van der Waals surface area contributed by atoms with Crippen molar-refractivity contribution in [3.8, 4) is 22.9 Å². The highest BCUT2D eigenvalue weighted by molar-refractivity contribution is 5.56. The number of methoxy groups -OCH3 is 1. The zero-order chi connectivity index (χ0) is 21.5. The molecule has 1 saturated heterocycles. The van der Waals surface area contributed by atoms with E-state index < -0.39 is 6.10 Å². The van der Waals surface area contributed by atoms with Gasteiger partial charge in [-0.25, -0.2) is 0 Å². The zero-order valence-corrected chi connectivity index (χ0v) is 17.7. The lowest BCUT2D eigenvalue weighted by Gasteiger charge is -2.34. The van der Waals surface area contributed by atoms with Gasteiger partial charge in [0.15, 0.2) is 0 Å². The maximum Gasteiger partial charge on any atom is 0.241 e. The first-order chi connectivity index (χ1) is 15.2. The molecule has 0 radical (unpaired) electrons. The van der Waals surface area contributed by atoms with E-state index >= 15 is 0 Å².